The van der Waals surface area contributed by atoms with Crippen molar-refractivity contribution in [2.24, 2.45) is 0 Å². The van der Waals surface area contributed by atoms with Crippen LogP contribution in [0.2, 0.25) is 5.15 Å². The maximum absolute atomic E-state index is 12.6. The number of amides is 1. The molecule has 0 atom stereocenters. The molecular weight excluding hydrogens is 504 g/mol. The van der Waals surface area contributed by atoms with Crippen LogP contribution >= 0.6 is 11.6 Å². The van der Waals surface area contributed by atoms with Crippen molar-refractivity contribution >= 4 is 39.0 Å². The Morgan fingerprint density at radius 3 is 2.25 bits per heavy atom. The maximum atomic E-state index is 12.6. The van der Waals surface area contributed by atoms with Crippen LogP contribution in [0.5, 0.6) is 11.5 Å². The minimum Gasteiger partial charge on any atom is -0.493 e. The van der Waals surface area contributed by atoms with E-state index in [1.807, 2.05) is 24.3 Å². The zero-order chi connectivity index (χ0) is 25.5. The van der Waals surface area contributed by atoms with Gasteiger partial charge in [0.15, 0.2) is 11.5 Å². The van der Waals surface area contributed by atoms with Crippen LogP contribution in [0.25, 0.3) is 4.72 Å². The molecule has 0 aliphatic rings. The average molecular weight is 524 g/mol. The molecule has 36 heavy (non-hydrogen) atoms. The van der Waals surface area contributed by atoms with Crippen molar-refractivity contribution in [3.8, 4) is 11.5 Å². The van der Waals surface area contributed by atoms with Gasteiger partial charge in [-0.3, -0.25) is 4.79 Å². The molecule has 0 bridgehead atoms. The number of ether oxygens (including phenoxy) is 2. The van der Waals surface area contributed by atoms with Crippen molar-refractivity contribution < 1.29 is 22.7 Å². The summed E-state index contributed by atoms with van der Waals surface area (Å²) in [6.07, 6.45) is 0. The highest BCUT2D eigenvalue weighted by molar-refractivity contribution is 7.94. The zero-order valence-electron chi connectivity index (χ0n) is 19.0. The summed E-state index contributed by atoms with van der Waals surface area (Å²) in [4.78, 5) is 12.6. The molecule has 0 saturated heterocycles. The monoisotopic (exact) mass is 523 g/mol. The lowest BCUT2D eigenvalue weighted by Crippen LogP contribution is -2.12. The first-order valence-electron chi connectivity index (χ1n) is 10.6. The summed E-state index contributed by atoms with van der Waals surface area (Å²) in [6, 6.07) is 22.7. The summed E-state index contributed by atoms with van der Waals surface area (Å²) in [5, 5.41) is 10.1. The lowest BCUT2D eigenvalue weighted by molar-refractivity contribution is 0.102. The van der Waals surface area contributed by atoms with E-state index in [9.17, 15) is 13.2 Å². The third-order valence-corrected chi connectivity index (χ3v) is 6.42. The molecule has 0 unspecified atom stereocenters. The number of sulfonamides is 1. The fraction of sp³-hybridized carbons (Fsp3) is 0.0800. The first-order chi connectivity index (χ1) is 17.3. The van der Waals surface area contributed by atoms with E-state index >= 15 is 0 Å². The number of carbonyl (C=O) groups is 1. The smallest absolute Gasteiger partial charge is 0.255 e. The Labute approximate surface area is 213 Å². The number of anilines is 1. The van der Waals surface area contributed by atoms with Gasteiger partial charge in [0.05, 0.1) is 12.0 Å². The van der Waals surface area contributed by atoms with Crippen molar-refractivity contribution in [3.63, 3.8) is 0 Å². The number of aromatic nitrogens is 2. The second kappa shape index (κ2) is 11.1. The molecule has 4 rings (SSSR count). The fourth-order valence-electron chi connectivity index (χ4n) is 3.10. The summed E-state index contributed by atoms with van der Waals surface area (Å²) in [5.41, 5.74) is 1.74. The average Bonchev–Trinajstić information content (AvgIpc) is 2.89. The molecule has 1 amide bonds. The molecule has 0 fully saturated rings. The second-order valence-electron chi connectivity index (χ2n) is 7.40. The number of nitrogens with zero attached hydrogens (tertiary/aromatic N) is 3. The second-order valence-corrected chi connectivity index (χ2v) is 9.39. The Kier molecular flexibility index (Phi) is 7.67. The van der Waals surface area contributed by atoms with E-state index in [1.54, 1.807) is 31.4 Å². The highest BCUT2D eigenvalue weighted by Crippen LogP contribution is 2.28. The maximum Gasteiger partial charge on any atom is 0.255 e. The van der Waals surface area contributed by atoms with Gasteiger partial charge in [-0.25, -0.2) is 13.5 Å². The summed E-state index contributed by atoms with van der Waals surface area (Å²) >= 11 is 5.65. The standard InChI is InChI=1S/C25H21ClN4O5S/c1-34-21-4-2-3-5-22(21)35-16-17-6-8-18(9-7-17)25(31)27-19-10-12-20(13-11-19)36(32,33)30-24-15-14-23(26)28-29-24/h2-15H,16H2,1H3,(H2,27,29,30,31)/p-1. The highest BCUT2D eigenvalue weighted by atomic mass is 35.5. The van der Waals surface area contributed by atoms with Gasteiger partial charge < -0.3 is 24.6 Å². The number of methoxy groups -OCH3 is 1. The van der Waals surface area contributed by atoms with E-state index in [0.717, 1.165) is 5.56 Å². The van der Waals surface area contributed by atoms with Gasteiger partial charge in [-0.15, -0.1) is 0 Å². The summed E-state index contributed by atoms with van der Waals surface area (Å²) in [7, 11) is -2.43. The number of carbonyl (C=O) groups excluding carboxylic acids is 1. The van der Waals surface area contributed by atoms with Crippen molar-refractivity contribution in [2.75, 3.05) is 12.4 Å². The predicted octanol–water partition coefficient (Wildman–Crippen LogP) is 5.36. The lowest BCUT2D eigenvalue weighted by atomic mass is 10.1. The minimum absolute atomic E-state index is 0.0587. The molecule has 0 aliphatic heterocycles. The molecule has 0 aliphatic carbocycles. The quantitative estimate of drug-likeness (QED) is 0.313. The van der Waals surface area contributed by atoms with E-state index in [4.69, 9.17) is 21.1 Å². The largest absolute Gasteiger partial charge is 0.493 e. The van der Waals surface area contributed by atoms with Crippen LogP contribution in [0.4, 0.5) is 11.5 Å². The number of rotatable bonds is 9. The van der Waals surface area contributed by atoms with Gasteiger partial charge in [-0.05, 0) is 66.0 Å². The van der Waals surface area contributed by atoms with E-state index in [2.05, 4.69) is 20.2 Å². The van der Waals surface area contributed by atoms with E-state index in [-0.39, 0.29) is 21.8 Å². The van der Waals surface area contributed by atoms with Crippen LogP contribution in [-0.4, -0.2) is 31.6 Å². The van der Waals surface area contributed by atoms with Crippen molar-refractivity contribution in [3.05, 3.63) is 106 Å². The van der Waals surface area contributed by atoms with Gasteiger partial charge in [0.1, 0.15) is 11.8 Å². The molecule has 0 spiro atoms. The third kappa shape index (κ3) is 6.29. The van der Waals surface area contributed by atoms with Gasteiger partial charge in [0.25, 0.3) is 5.91 Å². The topological polar surface area (TPSA) is 122 Å². The summed E-state index contributed by atoms with van der Waals surface area (Å²) in [6.45, 7) is 0.310. The van der Waals surface area contributed by atoms with Crippen LogP contribution in [0.3, 0.4) is 0 Å². The molecule has 3 aromatic carbocycles. The molecule has 1 N–H and O–H groups in total. The highest BCUT2D eigenvalue weighted by Gasteiger charge is 2.12. The molecule has 9 nitrogen and oxygen atoms in total. The Balaban J connectivity index is 1.35. The lowest BCUT2D eigenvalue weighted by Gasteiger charge is -2.15. The number of benzene rings is 3. The first kappa shape index (κ1) is 25.0. The zero-order valence-corrected chi connectivity index (χ0v) is 20.5. The molecule has 0 radical (unpaired) electrons. The predicted molar refractivity (Wildman–Crippen MR) is 135 cm³/mol. The summed E-state index contributed by atoms with van der Waals surface area (Å²) < 4.78 is 39.7. The molecule has 1 aromatic heterocycles. The number of halogens is 1. The Morgan fingerprint density at radius 1 is 0.917 bits per heavy atom. The molecular formula is C25H20ClN4O5S-. The van der Waals surface area contributed by atoms with Gasteiger partial charge in [-0.2, -0.15) is 0 Å². The van der Waals surface area contributed by atoms with Gasteiger partial charge in [0.2, 0.25) is 10.0 Å². The van der Waals surface area contributed by atoms with Crippen molar-refractivity contribution in [1.82, 2.24) is 10.2 Å². The third-order valence-electron chi connectivity index (χ3n) is 4.92. The number of hydrogen-bond acceptors (Lipinski definition) is 7. The minimum atomic E-state index is -4.01. The van der Waals surface area contributed by atoms with Crippen LogP contribution in [0.1, 0.15) is 15.9 Å². The Bertz CT molecular complexity index is 1450. The molecule has 4 aromatic rings. The Morgan fingerprint density at radius 2 is 1.61 bits per heavy atom. The van der Waals surface area contributed by atoms with E-state index < -0.39 is 10.0 Å². The molecule has 1 heterocycles. The summed E-state index contributed by atoms with van der Waals surface area (Å²) in [5.74, 6) is 0.832. The van der Waals surface area contributed by atoms with Crippen LogP contribution < -0.4 is 14.8 Å². The Hall–Kier alpha value is -4.15. The van der Waals surface area contributed by atoms with Gasteiger partial charge in [0, 0.05) is 11.3 Å². The normalized spacial score (nSPS) is 10.9. The van der Waals surface area contributed by atoms with Crippen LogP contribution in [0.15, 0.2) is 89.8 Å². The molecule has 184 valence electrons. The van der Waals surface area contributed by atoms with Crippen molar-refractivity contribution in [1.29, 1.82) is 0 Å². The SMILES string of the molecule is COc1ccccc1OCc1ccc(C(=O)Nc2ccc(S(=O)(=O)[N-]c3ccc(Cl)nn3)cc2)cc1. The van der Waals surface area contributed by atoms with E-state index in [1.165, 1.54) is 36.4 Å². The first-order valence-corrected chi connectivity index (χ1v) is 12.4. The van der Waals surface area contributed by atoms with E-state index in [0.29, 0.717) is 29.4 Å². The van der Waals surface area contributed by atoms with Gasteiger partial charge >= 0.3 is 0 Å². The fourth-order valence-corrected chi connectivity index (χ4v) is 4.13. The number of nitrogens with one attached hydrogen (secondary N) is 1. The van der Waals surface area contributed by atoms with Crippen molar-refractivity contribution in [2.45, 2.75) is 11.5 Å². The molecule has 11 heteroatoms. The number of para-hydroxylation sites is 2. The van der Waals surface area contributed by atoms with Crippen LogP contribution in [-0.2, 0) is 16.6 Å². The molecule has 0 saturated carbocycles. The van der Waals surface area contributed by atoms with Crippen LogP contribution in [0, 0.1) is 0 Å². The van der Waals surface area contributed by atoms with Gasteiger partial charge in [-0.1, -0.05) is 41.9 Å². The number of hydrogen-bond donors (Lipinski definition) is 1.